The molecule has 2 aromatic rings. The van der Waals surface area contributed by atoms with Crippen molar-refractivity contribution in [3.63, 3.8) is 0 Å². The molecule has 0 aromatic carbocycles. The summed E-state index contributed by atoms with van der Waals surface area (Å²) in [4.78, 5) is 20.9. The molecule has 2 N–H and O–H groups in total. The number of hydrogen-bond donors (Lipinski definition) is 2. The maximum atomic E-state index is 11.2. The first-order valence-electron chi connectivity index (χ1n) is 6.37. The molecule has 0 radical (unpaired) electrons. The van der Waals surface area contributed by atoms with Crippen molar-refractivity contribution in [3.05, 3.63) is 36.2 Å². The third-order valence-corrected chi connectivity index (χ3v) is 3.38. The molecule has 19 heavy (non-hydrogen) atoms. The van der Waals surface area contributed by atoms with Gasteiger partial charge >= 0.3 is 5.97 Å². The minimum absolute atomic E-state index is 0.285. The van der Waals surface area contributed by atoms with E-state index in [1.54, 1.807) is 18.3 Å². The van der Waals surface area contributed by atoms with Gasteiger partial charge in [0.25, 0.3) is 0 Å². The second kappa shape index (κ2) is 4.76. The molecule has 0 aliphatic carbocycles. The Bertz CT molecular complexity index is 587. The topological polar surface area (TPSA) is 69.2 Å². The van der Waals surface area contributed by atoms with Gasteiger partial charge in [0.05, 0.1) is 11.3 Å². The minimum atomic E-state index is -0.917. The van der Waals surface area contributed by atoms with E-state index in [2.05, 4.69) is 14.9 Å². The number of nitrogens with zero attached hydrogens (tertiary/aromatic N) is 2. The van der Waals surface area contributed by atoms with Crippen LogP contribution in [0.2, 0.25) is 0 Å². The van der Waals surface area contributed by atoms with Crippen LogP contribution in [0.25, 0.3) is 11.3 Å². The molecule has 5 nitrogen and oxygen atoms in total. The molecule has 2 aromatic heterocycles. The molecule has 1 saturated heterocycles. The Kier molecular flexibility index (Phi) is 2.95. The van der Waals surface area contributed by atoms with Crippen LogP contribution in [0.1, 0.15) is 23.2 Å². The molecule has 0 spiro atoms. The van der Waals surface area contributed by atoms with Gasteiger partial charge in [-0.25, -0.2) is 9.78 Å². The van der Waals surface area contributed by atoms with Crippen LogP contribution in [-0.4, -0.2) is 34.1 Å². The Morgan fingerprint density at radius 1 is 1.32 bits per heavy atom. The third kappa shape index (κ3) is 2.31. The number of carboxylic acids is 1. The lowest BCUT2D eigenvalue weighted by Gasteiger charge is -2.17. The van der Waals surface area contributed by atoms with E-state index < -0.39 is 5.97 Å². The van der Waals surface area contributed by atoms with Crippen LogP contribution in [0, 0.1) is 0 Å². The number of aromatic amines is 1. The van der Waals surface area contributed by atoms with Crippen LogP contribution >= 0.6 is 0 Å². The van der Waals surface area contributed by atoms with Gasteiger partial charge in [-0.2, -0.15) is 0 Å². The summed E-state index contributed by atoms with van der Waals surface area (Å²) in [6, 6.07) is 5.16. The lowest BCUT2D eigenvalue weighted by molar-refractivity contribution is 0.0697. The van der Waals surface area contributed by atoms with Crippen LogP contribution < -0.4 is 4.90 Å². The molecular weight excluding hydrogens is 242 g/mol. The number of pyridine rings is 1. The zero-order chi connectivity index (χ0) is 13.2. The normalized spacial score (nSPS) is 14.8. The van der Waals surface area contributed by atoms with Crippen LogP contribution in [0.5, 0.6) is 0 Å². The Balaban J connectivity index is 2.06. The number of carboxylic acid groups (broad SMARTS) is 1. The van der Waals surface area contributed by atoms with Gasteiger partial charge in [0.1, 0.15) is 5.82 Å². The van der Waals surface area contributed by atoms with Crippen molar-refractivity contribution in [2.75, 3.05) is 18.0 Å². The van der Waals surface area contributed by atoms with Gasteiger partial charge in [0.15, 0.2) is 0 Å². The summed E-state index contributed by atoms with van der Waals surface area (Å²) < 4.78 is 0. The van der Waals surface area contributed by atoms with Crippen molar-refractivity contribution in [3.8, 4) is 11.3 Å². The number of aromatic carboxylic acids is 1. The minimum Gasteiger partial charge on any atom is -0.478 e. The van der Waals surface area contributed by atoms with Gasteiger partial charge in [0.2, 0.25) is 0 Å². The highest BCUT2D eigenvalue weighted by molar-refractivity contribution is 5.90. The highest BCUT2D eigenvalue weighted by atomic mass is 16.4. The average molecular weight is 257 g/mol. The average Bonchev–Trinajstić information content (AvgIpc) is 3.11. The summed E-state index contributed by atoms with van der Waals surface area (Å²) in [5.41, 5.74) is 1.89. The zero-order valence-electron chi connectivity index (χ0n) is 10.5. The quantitative estimate of drug-likeness (QED) is 0.885. The number of rotatable bonds is 3. The summed E-state index contributed by atoms with van der Waals surface area (Å²) in [5, 5.41) is 9.22. The number of anilines is 1. The van der Waals surface area contributed by atoms with Crippen LogP contribution in [0.15, 0.2) is 30.6 Å². The number of aromatic nitrogens is 2. The third-order valence-electron chi connectivity index (χ3n) is 3.38. The van der Waals surface area contributed by atoms with Gasteiger partial charge in [-0.15, -0.1) is 0 Å². The molecular formula is C14H15N3O2. The highest BCUT2D eigenvalue weighted by Gasteiger charge is 2.17. The standard InChI is InChI=1S/C14H15N3O2/c18-14(19)11-7-12(10-3-4-15-9-10)16-13(8-11)17-5-1-2-6-17/h3-4,7-9,15H,1-2,5-6H2,(H,18,19). The Labute approximate surface area is 110 Å². The van der Waals surface area contributed by atoms with Crippen molar-refractivity contribution in [2.24, 2.45) is 0 Å². The fourth-order valence-corrected chi connectivity index (χ4v) is 2.38. The predicted molar refractivity (Wildman–Crippen MR) is 72.4 cm³/mol. The van der Waals surface area contributed by atoms with E-state index in [4.69, 9.17) is 0 Å². The summed E-state index contributed by atoms with van der Waals surface area (Å²) >= 11 is 0. The van der Waals surface area contributed by atoms with Crippen molar-refractivity contribution < 1.29 is 9.90 Å². The zero-order valence-corrected chi connectivity index (χ0v) is 10.5. The molecule has 1 fully saturated rings. The first-order chi connectivity index (χ1) is 9.24. The molecule has 0 bridgehead atoms. The molecule has 5 heteroatoms. The van der Waals surface area contributed by atoms with Crippen molar-refractivity contribution in [2.45, 2.75) is 12.8 Å². The largest absolute Gasteiger partial charge is 0.478 e. The Morgan fingerprint density at radius 3 is 2.74 bits per heavy atom. The Morgan fingerprint density at radius 2 is 2.11 bits per heavy atom. The second-order valence-corrected chi connectivity index (χ2v) is 4.70. The van der Waals surface area contributed by atoms with Crippen LogP contribution in [-0.2, 0) is 0 Å². The number of H-pyrrole nitrogens is 1. The molecule has 98 valence electrons. The van der Waals surface area contributed by atoms with Gasteiger partial charge in [0, 0.05) is 31.0 Å². The Hall–Kier alpha value is -2.30. The van der Waals surface area contributed by atoms with E-state index in [1.165, 1.54) is 0 Å². The van der Waals surface area contributed by atoms with E-state index in [1.807, 2.05) is 12.3 Å². The molecule has 0 unspecified atom stereocenters. The van der Waals surface area contributed by atoms with E-state index >= 15 is 0 Å². The van der Waals surface area contributed by atoms with Crippen molar-refractivity contribution in [1.82, 2.24) is 9.97 Å². The second-order valence-electron chi connectivity index (χ2n) is 4.70. The maximum Gasteiger partial charge on any atom is 0.335 e. The lowest BCUT2D eigenvalue weighted by Crippen LogP contribution is -2.19. The van der Waals surface area contributed by atoms with E-state index in [0.29, 0.717) is 5.69 Å². The predicted octanol–water partition coefficient (Wildman–Crippen LogP) is 2.38. The molecule has 0 saturated carbocycles. The number of carbonyl (C=O) groups is 1. The molecule has 0 atom stereocenters. The van der Waals surface area contributed by atoms with Gasteiger partial charge in [-0.1, -0.05) is 0 Å². The lowest BCUT2D eigenvalue weighted by atomic mass is 10.1. The summed E-state index contributed by atoms with van der Waals surface area (Å²) in [6.07, 6.45) is 5.90. The van der Waals surface area contributed by atoms with Crippen molar-refractivity contribution in [1.29, 1.82) is 0 Å². The first kappa shape index (κ1) is 11.8. The highest BCUT2D eigenvalue weighted by Crippen LogP contribution is 2.25. The number of nitrogens with one attached hydrogen (secondary N) is 1. The molecule has 1 aliphatic heterocycles. The number of hydrogen-bond acceptors (Lipinski definition) is 3. The van der Waals surface area contributed by atoms with E-state index in [-0.39, 0.29) is 5.56 Å². The van der Waals surface area contributed by atoms with Gasteiger partial charge in [-0.05, 0) is 31.0 Å². The van der Waals surface area contributed by atoms with Crippen molar-refractivity contribution >= 4 is 11.8 Å². The molecule has 0 amide bonds. The fourth-order valence-electron chi connectivity index (χ4n) is 2.38. The molecule has 1 aliphatic rings. The molecule has 3 heterocycles. The summed E-state index contributed by atoms with van der Waals surface area (Å²) in [6.45, 7) is 1.89. The van der Waals surface area contributed by atoms with Crippen LogP contribution in [0.4, 0.5) is 5.82 Å². The smallest absolute Gasteiger partial charge is 0.335 e. The van der Waals surface area contributed by atoms with Gasteiger partial charge in [-0.3, -0.25) is 0 Å². The first-order valence-corrected chi connectivity index (χ1v) is 6.37. The van der Waals surface area contributed by atoms with Crippen LogP contribution in [0.3, 0.4) is 0 Å². The van der Waals surface area contributed by atoms with E-state index in [9.17, 15) is 9.90 Å². The fraction of sp³-hybridized carbons (Fsp3) is 0.286. The molecule has 3 rings (SSSR count). The monoisotopic (exact) mass is 257 g/mol. The SMILES string of the molecule is O=C(O)c1cc(-c2cc[nH]c2)nc(N2CCCC2)c1. The van der Waals surface area contributed by atoms with Gasteiger partial charge < -0.3 is 15.0 Å². The summed E-state index contributed by atoms with van der Waals surface area (Å²) in [5.74, 6) is -0.159. The summed E-state index contributed by atoms with van der Waals surface area (Å²) in [7, 11) is 0. The maximum absolute atomic E-state index is 11.2. The van der Waals surface area contributed by atoms with E-state index in [0.717, 1.165) is 37.3 Å².